The van der Waals surface area contributed by atoms with Crippen LogP contribution in [0.3, 0.4) is 0 Å². The van der Waals surface area contributed by atoms with Gasteiger partial charge in [-0.3, -0.25) is 9.59 Å². The number of carboxylic acids is 1. The summed E-state index contributed by atoms with van der Waals surface area (Å²) in [6.45, 7) is 7.55. The SMILES string of the molecule is Cc1ccc(C(C)(C)C)c(OCC(=O)NCC(=O)O)c1. The minimum Gasteiger partial charge on any atom is -0.483 e. The molecule has 0 saturated heterocycles. The van der Waals surface area contributed by atoms with E-state index >= 15 is 0 Å². The van der Waals surface area contributed by atoms with E-state index in [-0.39, 0.29) is 12.0 Å². The fourth-order valence-corrected chi connectivity index (χ4v) is 1.74. The Morgan fingerprint density at radius 3 is 2.50 bits per heavy atom. The van der Waals surface area contributed by atoms with Gasteiger partial charge in [0.25, 0.3) is 5.91 Å². The van der Waals surface area contributed by atoms with E-state index in [0.717, 1.165) is 11.1 Å². The lowest BCUT2D eigenvalue weighted by Gasteiger charge is -2.23. The zero-order valence-electron chi connectivity index (χ0n) is 12.3. The third kappa shape index (κ3) is 4.91. The average molecular weight is 279 g/mol. The largest absolute Gasteiger partial charge is 0.483 e. The van der Waals surface area contributed by atoms with Crippen LogP contribution in [0.4, 0.5) is 0 Å². The van der Waals surface area contributed by atoms with Crippen LogP contribution >= 0.6 is 0 Å². The highest BCUT2D eigenvalue weighted by Crippen LogP contribution is 2.31. The summed E-state index contributed by atoms with van der Waals surface area (Å²) in [6, 6.07) is 5.86. The van der Waals surface area contributed by atoms with E-state index in [4.69, 9.17) is 9.84 Å². The van der Waals surface area contributed by atoms with Gasteiger partial charge in [-0.1, -0.05) is 32.9 Å². The van der Waals surface area contributed by atoms with Gasteiger partial charge >= 0.3 is 5.97 Å². The molecule has 1 aromatic rings. The quantitative estimate of drug-likeness (QED) is 0.862. The maximum absolute atomic E-state index is 11.5. The van der Waals surface area contributed by atoms with Crippen molar-refractivity contribution in [3.05, 3.63) is 29.3 Å². The monoisotopic (exact) mass is 279 g/mol. The van der Waals surface area contributed by atoms with Gasteiger partial charge in [0.05, 0.1) is 0 Å². The molecule has 0 aliphatic heterocycles. The predicted molar refractivity (Wildman–Crippen MR) is 76.0 cm³/mol. The second kappa shape index (κ2) is 6.41. The third-order valence-corrected chi connectivity index (χ3v) is 2.74. The van der Waals surface area contributed by atoms with Crippen molar-refractivity contribution in [1.29, 1.82) is 0 Å². The van der Waals surface area contributed by atoms with Crippen molar-refractivity contribution >= 4 is 11.9 Å². The first-order valence-corrected chi connectivity index (χ1v) is 6.42. The van der Waals surface area contributed by atoms with Gasteiger partial charge in [0.2, 0.25) is 0 Å². The summed E-state index contributed by atoms with van der Waals surface area (Å²) in [5.41, 5.74) is 1.95. The first-order chi connectivity index (χ1) is 9.20. The Kier molecular flexibility index (Phi) is 5.13. The lowest BCUT2D eigenvalue weighted by atomic mass is 9.86. The molecule has 0 saturated carbocycles. The molecule has 0 unspecified atom stereocenters. The van der Waals surface area contributed by atoms with Gasteiger partial charge in [-0.2, -0.15) is 0 Å². The lowest BCUT2D eigenvalue weighted by Crippen LogP contribution is -2.33. The van der Waals surface area contributed by atoms with E-state index in [1.165, 1.54) is 0 Å². The van der Waals surface area contributed by atoms with Crippen LogP contribution in [0, 0.1) is 6.92 Å². The first kappa shape index (κ1) is 16.0. The van der Waals surface area contributed by atoms with Crippen molar-refractivity contribution in [1.82, 2.24) is 5.32 Å². The predicted octanol–water partition coefficient (Wildman–Crippen LogP) is 1.87. The standard InChI is InChI=1S/C15H21NO4/c1-10-5-6-11(15(2,3)4)12(7-10)20-9-13(17)16-8-14(18)19/h5-7H,8-9H2,1-4H3,(H,16,17)(H,18,19). The normalized spacial score (nSPS) is 11.0. The van der Waals surface area contributed by atoms with Crippen molar-refractivity contribution in [3.63, 3.8) is 0 Å². The van der Waals surface area contributed by atoms with Crippen LogP contribution in [-0.4, -0.2) is 30.1 Å². The number of aryl methyl sites for hydroxylation is 1. The number of benzene rings is 1. The number of carbonyl (C=O) groups excluding carboxylic acids is 1. The Morgan fingerprint density at radius 1 is 1.30 bits per heavy atom. The first-order valence-electron chi connectivity index (χ1n) is 6.42. The van der Waals surface area contributed by atoms with E-state index in [1.807, 2.05) is 25.1 Å². The summed E-state index contributed by atoms with van der Waals surface area (Å²) in [6.07, 6.45) is 0. The zero-order valence-corrected chi connectivity index (χ0v) is 12.3. The average Bonchev–Trinajstić information content (AvgIpc) is 2.32. The molecule has 0 heterocycles. The van der Waals surface area contributed by atoms with Crippen molar-refractivity contribution in [2.45, 2.75) is 33.1 Å². The second-order valence-corrected chi connectivity index (χ2v) is 5.71. The number of nitrogens with one attached hydrogen (secondary N) is 1. The molecule has 0 aliphatic carbocycles. The second-order valence-electron chi connectivity index (χ2n) is 5.71. The molecule has 0 fully saturated rings. The van der Waals surface area contributed by atoms with Crippen LogP contribution in [-0.2, 0) is 15.0 Å². The molecule has 1 amide bonds. The van der Waals surface area contributed by atoms with E-state index in [1.54, 1.807) is 0 Å². The van der Waals surface area contributed by atoms with E-state index < -0.39 is 18.4 Å². The maximum atomic E-state index is 11.5. The highest BCUT2D eigenvalue weighted by atomic mass is 16.5. The van der Waals surface area contributed by atoms with Crippen LogP contribution in [0.1, 0.15) is 31.9 Å². The van der Waals surface area contributed by atoms with Crippen LogP contribution in [0.2, 0.25) is 0 Å². The van der Waals surface area contributed by atoms with Gasteiger partial charge in [-0.25, -0.2) is 0 Å². The lowest BCUT2D eigenvalue weighted by molar-refractivity contribution is -0.138. The summed E-state index contributed by atoms with van der Waals surface area (Å²) in [4.78, 5) is 21.8. The van der Waals surface area contributed by atoms with Gasteiger partial charge in [0.15, 0.2) is 6.61 Å². The molecule has 0 spiro atoms. The number of carbonyl (C=O) groups is 2. The van der Waals surface area contributed by atoms with Gasteiger partial charge in [-0.05, 0) is 29.5 Å². The number of hydrogen-bond donors (Lipinski definition) is 2. The van der Waals surface area contributed by atoms with Crippen LogP contribution in [0.25, 0.3) is 0 Å². The van der Waals surface area contributed by atoms with Gasteiger partial charge in [-0.15, -0.1) is 0 Å². The number of hydrogen-bond acceptors (Lipinski definition) is 3. The minimum atomic E-state index is -1.08. The molecule has 5 heteroatoms. The summed E-state index contributed by atoms with van der Waals surface area (Å²) in [5, 5.41) is 10.7. The molecule has 1 rings (SSSR count). The van der Waals surface area contributed by atoms with Gasteiger partial charge < -0.3 is 15.2 Å². The molecule has 0 bridgehead atoms. The summed E-state index contributed by atoms with van der Waals surface area (Å²) >= 11 is 0. The molecule has 1 aromatic carbocycles. The Bertz CT molecular complexity index is 503. The summed E-state index contributed by atoms with van der Waals surface area (Å²) in [5.74, 6) is -0.874. The van der Waals surface area contributed by atoms with Gasteiger partial charge in [0.1, 0.15) is 12.3 Å². The van der Waals surface area contributed by atoms with Gasteiger partial charge in [0, 0.05) is 0 Å². The number of amides is 1. The van der Waals surface area contributed by atoms with Crippen LogP contribution in [0.5, 0.6) is 5.75 Å². The van der Waals surface area contributed by atoms with Crippen molar-refractivity contribution in [3.8, 4) is 5.75 Å². The van der Waals surface area contributed by atoms with E-state index in [2.05, 4.69) is 26.1 Å². The van der Waals surface area contributed by atoms with Crippen molar-refractivity contribution in [2.75, 3.05) is 13.2 Å². The molecule has 2 N–H and O–H groups in total. The molecule has 0 aliphatic rings. The Balaban J connectivity index is 2.74. The summed E-state index contributed by atoms with van der Waals surface area (Å²) in [7, 11) is 0. The third-order valence-electron chi connectivity index (χ3n) is 2.74. The minimum absolute atomic E-state index is 0.0967. The fourth-order valence-electron chi connectivity index (χ4n) is 1.74. The molecule has 20 heavy (non-hydrogen) atoms. The maximum Gasteiger partial charge on any atom is 0.322 e. The highest BCUT2D eigenvalue weighted by Gasteiger charge is 2.19. The number of ether oxygens (including phenoxy) is 1. The highest BCUT2D eigenvalue weighted by molar-refractivity contribution is 5.82. The Labute approximate surface area is 118 Å². The zero-order chi connectivity index (χ0) is 15.3. The topological polar surface area (TPSA) is 75.6 Å². The van der Waals surface area contributed by atoms with Crippen LogP contribution in [0.15, 0.2) is 18.2 Å². The van der Waals surface area contributed by atoms with Crippen molar-refractivity contribution in [2.24, 2.45) is 0 Å². The van der Waals surface area contributed by atoms with E-state index in [9.17, 15) is 9.59 Å². The molecule has 110 valence electrons. The van der Waals surface area contributed by atoms with Crippen LogP contribution < -0.4 is 10.1 Å². The molecule has 0 aromatic heterocycles. The molecule has 5 nitrogen and oxygen atoms in total. The molecular weight excluding hydrogens is 258 g/mol. The fraction of sp³-hybridized carbons (Fsp3) is 0.467. The molecule has 0 radical (unpaired) electrons. The molecular formula is C15H21NO4. The van der Waals surface area contributed by atoms with E-state index in [0.29, 0.717) is 5.75 Å². The number of carboxylic acid groups (broad SMARTS) is 1. The number of aliphatic carboxylic acids is 1. The smallest absolute Gasteiger partial charge is 0.322 e. The molecule has 0 atom stereocenters. The summed E-state index contributed by atoms with van der Waals surface area (Å²) < 4.78 is 5.53. The van der Waals surface area contributed by atoms with Crippen molar-refractivity contribution < 1.29 is 19.4 Å². The Hall–Kier alpha value is -2.04. The number of rotatable bonds is 5. The Morgan fingerprint density at radius 2 is 1.95 bits per heavy atom.